The third-order valence-electron chi connectivity index (χ3n) is 23.3. The molecule has 0 aliphatic rings. The molecule has 0 aliphatic heterocycles. The average Bonchev–Trinajstić information content (AvgIpc) is 1.54. The molecule has 0 N–H and O–H groups in total. The number of aromatic nitrogens is 5. The van der Waals surface area contributed by atoms with Crippen LogP contribution in [0.5, 0.6) is 0 Å². The first-order valence-corrected chi connectivity index (χ1v) is 38.0. The van der Waals surface area contributed by atoms with Crippen molar-refractivity contribution >= 4 is 142 Å². The van der Waals surface area contributed by atoms with Crippen LogP contribution in [0, 0.1) is 0 Å². The Balaban J connectivity index is 0.575. The minimum Gasteiger partial charge on any atom is -0.456 e. The summed E-state index contributed by atoms with van der Waals surface area (Å²) >= 11 is 0. The van der Waals surface area contributed by atoms with E-state index in [-0.39, 0.29) is 0 Å². The van der Waals surface area contributed by atoms with Crippen molar-refractivity contribution in [1.82, 2.24) is 23.7 Å². The molecule has 0 bridgehead atoms. The number of nitrogens with zero attached hydrogens (tertiary/aromatic N) is 5. The highest BCUT2D eigenvalue weighted by atomic mass is 16.3. The Hall–Kier alpha value is -15.1. The summed E-state index contributed by atoms with van der Waals surface area (Å²) in [6.45, 7) is 0. The molecule has 0 aliphatic carbocycles. The fourth-order valence-electron chi connectivity index (χ4n) is 17.9. The number of rotatable bonds is 10. The van der Waals surface area contributed by atoms with Gasteiger partial charge >= 0.3 is 0 Å². The minimum absolute atomic E-state index is 0.646. The molecule has 0 saturated heterocycles. The van der Waals surface area contributed by atoms with Crippen LogP contribution in [0.1, 0.15) is 0 Å². The van der Waals surface area contributed by atoms with Gasteiger partial charge in [-0.25, -0.2) is 9.97 Å². The van der Waals surface area contributed by atoms with E-state index in [4.69, 9.17) is 23.2 Å². The van der Waals surface area contributed by atoms with Gasteiger partial charge in [0.2, 0.25) is 0 Å². The van der Waals surface area contributed by atoms with E-state index < -0.39 is 0 Å². The van der Waals surface area contributed by atoms with Gasteiger partial charge < -0.3 is 27.0 Å². The van der Waals surface area contributed by atoms with E-state index in [1.165, 1.54) is 32.3 Å². The fourth-order valence-corrected chi connectivity index (χ4v) is 17.9. The van der Waals surface area contributed by atoms with Crippen LogP contribution in [-0.4, -0.2) is 23.7 Å². The van der Waals surface area contributed by atoms with Crippen molar-refractivity contribution in [2.75, 3.05) is 0 Å². The Morgan fingerprint density at radius 3 is 0.839 bits per heavy atom. The number of hydrogen-bond donors (Lipinski definition) is 0. The van der Waals surface area contributed by atoms with Crippen molar-refractivity contribution in [3.8, 4) is 95.3 Å². The van der Waals surface area contributed by atoms with E-state index in [2.05, 4.69) is 347 Å². The van der Waals surface area contributed by atoms with Crippen LogP contribution in [0.4, 0.5) is 0 Å². The summed E-state index contributed by atoms with van der Waals surface area (Å²) in [6, 6.07) is 133. The highest BCUT2D eigenvalue weighted by Gasteiger charge is 2.22. The predicted molar refractivity (Wildman–Crippen MR) is 462 cm³/mol. The minimum atomic E-state index is 0.646. The molecular formula is C104H61N5O3. The molecular weight excluding hydrogens is 1370 g/mol. The Morgan fingerprint density at radius 1 is 0.170 bits per heavy atom. The van der Waals surface area contributed by atoms with Gasteiger partial charge in [-0.15, -0.1) is 0 Å². The van der Waals surface area contributed by atoms with Gasteiger partial charge in [0.1, 0.15) is 33.5 Å². The van der Waals surface area contributed by atoms with Crippen LogP contribution in [0.3, 0.4) is 0 Å². The van der Waals surface area contributed by atoms with E-state index in [1.54, 1.807) is 0 Å². The van der Waals surface area contributed by atoms with Crippen molar-refractivity contribution in [2.24, 2.45) is 0 Å². The second-order valence-corrected chi connectivity index (χ2v) is 29.5. The van der Waals surface area contributed by atoms with Crippen molar-refractivity contribution in [3.63, 3.8) is 0 Å². The lowest BCUT2D eigenvalue weighted by Gasteiger charge is -2.14. The zero-order valence-corrected chi connectivity index (χ0v) is 60.2. The second-order valence-electron chi connectivity index (χ2n) is 29.5. The Bertz CT molecular complexity index is 8050. The molecule has 0 spiro atoms. The van der Waals surface area contributed by atoms with E-state index in [1.807, 2.05) is 36.4 Å². The molecule has 0 fully saturated rings. The van der Waals surface area contributed by atoms with Gasteiger partial charge in [-0.3, -0.25) is 0 Å². The zero-order chi connectivity index (χ0) is 73.2. The van der Waals surface area contributed by atoms with Crippen molar-refractivity contribution in [1.29, 1.82) is 0 Å². The van der Waals surface area contributed by atoms with Crippen LogP contribution in [-0.2, 0) is 0 Å². The number of benzene rings is 17. The summed E-state index contributed by atoms with van der Waals surface area (Å²) in [5.74, 6) is 0.646. The molecule has 0 radical (unpaired) electrons. The maximum Gasteiger partial charge on any atom is 0.160 e. The van der Waals surface area contributed by atoms with Gasteiger partial charge in [-0.1, -0.05) is 200 Å². The molecule has 8 nitrogen and oxygen atoms in total. The quantitative estimate of drug-likeness (QED) is 0.136. The van der Waals surface area contributed by atoms with Gasteiger partial charge in [0.25, 0.3) is 0 Å². The summed E-state index contributed by atoms with van der Waals surface area (Å²) < 4.78 is 26.2. The van der Waals surface area contributed by atoms with E-state index >= 15 is 0 Å². The molecule has 112 heavy (non-hydrogen) atoms. The van der Waals surface area contributed by atoms with E-state index in [0.29, 0.717) is 5.82 Å². The number of furan rings is 3. The lowest BCUT2D eigenvalue weighted by molar-refractivity contribution is 0.668. The summed E-state index contributed by atoms with van der Waals surface area (Å²) in [5, 5.41) is 14.9. The summed E-state index contributed by atoms with van der Waals surface area (Å²) in [4.78, 5) is 11.0. The second kappa shape index (κ2) is 24.2. The van der Waals surface area contributed by atoms with Crippen molar-refractivity contribution in [3.05, 3.63) is 370 Å². The maximum absolute atomic E-state index is 6.37. The third kappa shape index (κ3) is 9.68. The molecule has 0 atom stereocenters. The first-order valence-electron chi connectivity index (χ1n) is 38.0. The monoisotopic (exact) mass is 1430 g/mol. The first kappa shape index (κ1) is 62.0. The van der Waals surface area contributed by atoms with E-state index in [0.717, 1.165) is 199 Å². The highest BCUT2D eigenvalue weighted by Crippen LogP contribution is 2.44. The third-order valence-corrected chi connectivity index (χ3v) is 23.3. The Kier molecular flexibility index (Phi) is 13.4. The lowest BCUT2D eigenvalue weighted by atomic mass is 9.97. The lowest BCUT2D eigenvalue weighted by Crippen LogP contribution is -1.98. The summed E-state index contributed by atoms with van der Waals surface area (Å²) in [7, 11) is 0. The molecule has 7 aromatic heterocycles. The molecule has 0 amide bonds. The molecule has 17 aromatic carbocycles. The topological polar surface area (TPSA) is 80.0 Å². The van der Waals surface area contributed by atoms with Gasteiger partial charge in [-0.2, -0.15) is 0 Å². The average molecular weight is 1430 g/mol. The maximum atomic E-state index is 6.37. The zero-order valence-electron chi connectivity index (χ0n) is 60.2. The fraction of sp³-hybridized carbons (Fsp3) is 0. The Labute approximate surface area is 640 Å². The molecule has 7 heterocycles. The normalized spacial score (nSPS) is 12.1. The SMILES string of the molecule is c1ccc2c(c1)oc1cc(-c3ccc4c(c3)c3ccccc3n4-c3ccc(-c4ccc(-c5ccc6nc(-c7ccc(-n8c9ccccc9c9cc(-c%10ccc%11c(c%10)oc%10ccccc%10%11)ccc98)cc7)nc(-c7ccc(-n8c9ccccc9c9cc(-c%10ccc%11c(c%10)oc%10ccccc%10%11)ccc98)cc7)c6c5)cc4)cc3)ccc12. The predicted octanol–water partition coefficient (Wildman–Crippen LogP) is 28.3. The van der Waals surface area contributed by atoms with Crippen molar-refractivity contribution < 1.29 is 13.3 Å². The van der Waals surface area contributed by atoms with Crippen molar-refractivity contribution in [2.45, 2.75) is 0 Å². The van der Waals surface area contributed by atoms with Crippen LogP contribution >= 0.6 is 0 Å². The first-order chi connectivity index (χ1) is 55.4. The molecule has 24 rings (SSSR count). The molecule has 8 heteroatoms. The van der Waals surface area contributed by atoms with Gasteiger partial charge in [-0.05, 0) is 225 Å². The van der Waals surface area contributed by atoms with Crippen LogP contribution in [0.15, 0.2) is 383 Å². The molecule has 24 aromatic rings. The number of hydrogen-bond acceptors (Lipinski definition) is 5. The van der Waals surface area contributed by atoms with Gasteiger partial charge in [0.15, 0.2) is 5.82 Å². The Morgan fingerprint density at radius 2 is 0.438 bits per heavy atom. The highest BCUT2D eigenvalue weighted by molar-refractivity contribution is 6.15. The number of fused-ring (bicyclic) bond motifs is 19. The largest absolute Gasteiger partial charge is 0.456 e. The number of para-hydroxylation sites is 6. The van der Waals surface area contributed by atoms with Gasteiger partial charge in [0, 0.05) is 98.2 Å². The molecule has 0 unspecified atom stereocenters. The molecule has 0 saturated carbocycles. The molecule has 520 valence electrons. The smallest absolute Gasteiger partial charge is 0.160 e. The van der Waals surface area contributed by atoms with Crippen LogP contribution in [0.2, 0.25) is 0 Å². The van der Waals surface area contributed by atoms with E-state index in [9.17, 15) is 0 Å². The van der Waals surface area contributed by atoms with Gasteiger partial charge in [0.05, 0.1) is 44.3 Å². The standard InChI is InChI=1S/C104H61N5O3/c1-7-19-91-77(13-1)86-55-68(71-35-48-83-80-16-4-10-22-97(80)110-100(83)59-71)39-52-94(86)107(91)74-42-29-63(30-43-74)62-25-27-64(28-26-62)67-38-51-90-89(58-67)103(65-31-44-75(45-32-65)108-92-20-8-2-14-78(92)87-56-69(40-53-95(87)108)72-36-49-84-81-17-5-11-23-98(81)111-101(84)60-72)106-104(105-90)66-33-46-76(47-34-66)109-93-21-9-3-15-79(93)88-57-70(41-54-96(88)109)73-37-50-85-82-18-6-12-24-99(82)112-102(85)61-73/h1-61H. The van der Waals surface area contributed by atoms with Crippen LogP contribution < -0.4 is 0 Å². The van der Waals surface area contributed by atoms with Crippen LogP contribution in [0.25, 0.3) is 237 Å². The summed E-state index contributed by atoms with van der Waals surface area (Å²) in [6.07, 6.45) is 0. The summed E-state index contributed by atoms with van der Waals surface area (Å²) in [5.41, 5.74) is 30.2.